The van der Waals surface area contributed by atoms with Gasteiger partial charge in [0.15, 0.2) is 0 Å². The fourth-order valence-electron chi connectivity index (χ4n) is 1.50. The molecule has 2 rings (SSSR count). The van der Waals surface area contributed by atoms with Crippen LogP contribution >= 0.6 is 0 Å². The first-order chi connectivity index (χ1) is 6.33. The van der Waals surface area contributed by atoms with Crippen LogP contribution in [0.25, 0.3) is 10.9 Å². The molecule has 0 spiro atoms. The SMILES string of the molecule is Cc1cccc2c(/C=N\O)c[nH]c12. The molecule has 0 fully saturated rings. The lowest BCUT2D eigenvalue weighted by molar-refractivity contribution is 0.322. The Morgan fingerprint density at radius 1 is 1.46 bits per heavy atom. The standard InChI is InChI=1S/C10H10N2O/c1-7-3-2-4-9-8(6-12-13)5-11-10(7)9/h2-6,11,13H,1H3/b12-6-. The molecule has 0 atom stereocenters. The highest BCUT2D eigenvalue weighted by Gasteiger charge is 2.02. The number of hydrogen-bond donors (Lipinski definition) is 2. The number of fused-ring (bicyclic) bond motifs is 1. The molecule has 0 bridgehead atoms. The van der Waals surface area contributed by atoms with Gasteiger partial charge in [0.05, 0.1) is 6.21 Å². The summed E-state index contributed by atoms with van der Waals surface area (Å²) in [6, 6.07) is 6.02. The summed E-state index contributed by atoms with van der Waals surface area (Å²) in [5.74, 6) is 0. The largest absolute Gasteiger partial charge is 0.411 e. The lowest BCUT2D eigenvalue weighted by atomic mass is 10.1. The molecule has 2 aromatic rings. The molecule has 66 valence electrons. The van der Waals surface area contributed by atoms with Gasteiger partial charge >= 0.3 is 0 Å². The van der Waals surface area contributed by atoms with Crippen LogP contribution in [0.5, 0.6) is 0 Å². The summed E-state index contributed by atoms with van der Waals surface area (Å²) in [5, 5.41) is 12.5. The van der Waals surface area contributed by atoms with Crippen LogP contribution in [0.1, 0.15) is 11.1 Å². The van der Waals surface area contributed by atoms with Gasteiger partial charge in [0.25, 0.3) is 0 Å². The number of para-hydroxylation sites is 1. The van der Waals surface area contributed by atoms with Crippen LogP contribution in [0.15, 0.2) is 29.6 Å². The van der Waals surface area contributed by atoms with E-state index in [0.717, 1.165) is 16.5 Å². The maximum Gasteiger partial charge on any atom is 0.0755 e. The first-order valence-corrected chi connectivity index (χ1v) is 4.07. The van der Waals surface area contributed by atoms with Crippen molar-refractivity contribution in [1.82, 2.24) is 4.98 Å². The zero-order valence-electron chi connectivity index (χ0n) is 7.28. The molecule has 0 aliphatic heterocycles. The van der Waals surface area contributed by atoms with Crippen LogP contribution in [0, 0.1) is 6.92 Å². The Hall–Kier alpha value is -1.77. The van der Waals surface area contributed by atoms with E-state index in [1.54, 1.807) is 0 Å². The van der Waals surface area contributed by atoms with Gasteiger partial charge in [-0.2, -0.15) is 0 Å². The molecular formula is C10H10N2O. The highest BCUT2D eigenvalue weighted by atomic mass is 16.4. The molecule has 0 aliphatic carbocycles. The molecule has 0 saturated heterocycles. The highest BCUT2D eigenvalue weighted by molar-refractivity contribution is 5.99. The van der Waals surface area contributed by atoms with Gasteiger partial charge in [-0.15, -0.1) is 0 Å². The number of oxime groups is 1. The smallest absolute Gasteiger partial charge is 0.0755 e. The van der Waals surface area contributed by atoms with Gasteiger partial charge in [-0.25, -0.2) is 0 Å². The third kappa shape index (κ3) is 1.18. The van der Waals surface area contributed by atoms with Crippen LogP contribution in [0.4, 0.5) is 0 Å². The Morgan fingerprint density at radius 2 is 2.31 bits per heavy atom. The highest BCUT2D eigenvalue weighted by Crippen LogP contribution is 2.19. The zero-order valence-corrected chi connectivity index (χ0v) is 7.28. The molecule has 3 heteroatoms. The molecule has 13 heavy (non-hydrogen) atoms. The molecular weight excluding hydrogens is 164 g/mol. The summed E-state index contributed by atoms with van der Waals surface area (Å²) in [5.41, 5.74) is 3.19. The molecule has 1 aromatic carbocycles. The Bertz CT molecular complexity index is 457. The Balaban J connectivity index is 2.75. The van der Waals surface area contributed by atoms with Gasteiger partial charge in [-0.3, -0.25) is 0 Å². The number of nitrogens with zero attached hydrogens (tertiary/aromatic N) is 1. The lowest BCUT2D eigenvalue weighted by Gasteiger charge is -1.94. The summed E-state index contributed by atoms with van der Waals surface area (Å²) in [7, 11) is 0. The van der Waals surface area contributed by atoms with Crippen LogP contribution in [-0.2, 0) is 0 Å². The lowest BCUT2D eigenvalue weighted by Crippen LogP contribution is -1.78. The molecule has 0 saturated carbocycles. The molecule has 1 heterocycles. The molecule has 0 unspecified atom stereocenters. The van der Waals surface area contributed by atoms with E-state index in [4.69, 9.17) is 5.21 Å². The van der Waals surface area contributed by atoms with Crippen molar-refractivity contribution >= 4 is 17.1 Å². The first-order valence-electron chi connectivity index (χ1n) is 4.07. The Morgan fingerprint density at radius 3 is 3.08 bits per heavy atom. The number of benzene rings is 1. The first kappa shape index (κ1) is 7.86. The number of rotatable bonds is 1. The maximum absolute atomic E-state index is 8.42. The average Bonchev–Trinajstić information content (AvgIpc) is 2.51. The van der Waals surface area contributed by atoms with E-state index in [1.165, 1.54) is 11.8 Å². The third-order valence-electron chi connectivity index (χ3n) is 2.15. The predicted molar refractivity (Wildman–Crippen MR) is 52.4 cm³/mol. The van der Waals surface area contributed by atoms with Crippen LogP contribution < -0.4 is 0 Å². The van der Waals surface area contributed by atoms with Crippen molar-refractivity contribution in [2.45, 2.75) is 6.92 Å². The number of aromatic amines is 1. The monoisotopic (exact) mass is 174 g/mol. The molecule has 3 nitrogen and oxygen atoms in total. The molecule has 1 aromatic heterocycles. The van der Waals surface area contributed by atoms with Gasteiger partial charge in [0, 0.05) is 22.7 Å². The van der Waals surface area contributed by atoms with Crippen molar-refractivity contribution < 1.29 is 5.21 Å². The van der Waals surface area contributed by atoms with E-state index < -0.39 is 0 Å². The van der Waals surface area contributed by atoms with E-state index in [9.17, 15) is 0 Å². The molecule has 0 amide bonds. The number of hydrogen-bond acceptors (Lipinski definition) is 2. The minimum absolute atomic E-state index is 0.904. The van der Waals surface area contributed by atoms with E-state index in [-0.39, 0.29) is 0 Å². The fraction of sp³-hybridized carbons (Fsp3) is 0.100. The van der Waals surface area contributed by atoms with Crippen molar-refractivity contribution in [2.24, 2.45) is 5.16 Å². The van der Waals surface area contributed by atoms with E-state index in [0.29, 0.717) is 0 Å². The second-order valence-electron chi connectivity index (χ2n) is 2.99. The van der Waals surface area contributed by atoms with Gasteiger partial charge in [-0.05, 0) is 12.5 Å². The summed E-state index contributed by atoms with van der Waals surface area (Å²) >= 11 is 0. The van der Waals surface area contributed by atoms with Crippen molar-refractivity contribution in [3.63, 3.8) is 0 Å². The van der Waals surface area contributed by atoms with Crippen molar-refractivity contribution in [3.8, 4) is 0 Å². The van der Waals surface area contributed by atoms with E-state index >= 15 is 0 Å². The Labute approximate surface area is 75.7 Å². The van der Waals surface area contributed by atoms with Gasteiger partial charge < -0.3 is 10.2 Å². The van der Waals surface area contributed by atoms with E-state index in [1.807, 2.05) is 31.3 Å². The van der Waals surface area contributed by atoms with Gasteiger partial charge in [0.2, 0.25) is 0 Å². The Kier molecular flexibility index (Phi) is 1.77. The second kappa shape index (κ2) is 2.94. The summed E-state index contributed by atoms with van der Waals surface area (Å²) in [6.45, 7) is 2.04. The second-order valence-corrected chi connectivity index (χ2v) is 2.99. The number of nitrogens with one attached hydrogen (secondary N) is 1. The number of H-pyrrole nitrogens is 1. The van der Waals surface area contributed by atoms with Gasteiger partial charge in [-0.1, -0.05) is 23.4 Å². The van der Waals surface area contributed by atoms with Gasteiger partial charge in [0.1, 0.15) is 0 Å². The number of aryl methyl sites for hydroxylation is 1. The minimum atomic E-state index is 0.904. The van der Waals surface area contributed by atoms with Crippen molar-refractivity contribution in [3.05, 3.63) is 35.5 Å². The summed E-state index contributed by atoms with van der Waals surface area (Å²) < 4.78 is 0. The van der Waals surface area contributed by atoms with Crippen molar-refractivity contribution in [1.29, 1.82) is 0 Å². The summed E-state index contributed by atoms with van der Waals surface area (Å²) in [6.07, 6.45) is 3.26. The molecule has 0 aliphatic rings. The summed E-state index contributed by atoms with van der Waals surface area (Å²) in [4.78, 5) is 3.14. The normalized spacial score (nSPS) is 11.5. The predicted octanol–water partition coefficient (Wildman–Crippen LogP) is 2.28. The topological polar surface area (TPSA) is 48.4 Å². The minimum Gasteiger partial charge on any atom is -0.411 e. The number of aromatic nitrogens is 1. The fourth-order valence-corrected chi connectivity index (χ4v) is 1.50. The van der Waals surface area contributed by atoms with Crippen molar-refractivity contribution in [2.75, 3.05) is 0 Å². The van der Waals surface area contributed by atoms with Crippen LogP contribution in [0.3, 0.4) is 0 Å². The quantitative estimate of drug-likeness (QED) is 0.389. The average molecular weight is 174 g/mol. The maximum atomic E-state index is 8.42. The molecule has 0 radical (unpaired) electrons. The zero-order chi connectivity index (χ0) is 9.26. The third-order valence-corrected chi connectivity index (χ3v) is 2.15. The molecule has 2 N–H and O–H groups in total. The van der Waals surface area contributed by atoms with Crippen LogP contribution in [0.2, 0.25) is 0 Å². The van der Waals surface area contributed by atoms with E-state index in [2.05, 4.69) is 10.1 Å². The van der Waals surface area contributed by atoms with Crippen LogP contribution in [-0.4, -0.2) is 16.4 Å².